The minimum atomic E-state index is -0.416. The Bertz CT molecular complexity index is 678. The summed E-state index contributed by atoms with van der Waals surface area (Å²) in [6.45, 7) is 7.89. The summed E-state index contributed by atoms with van der Waals surface area (Å²) in [5.41, 5.74) is 8.42. The van der Waals surface area contributed by atoms with E-state index in [1.807, 2.05) is 38.1 Å². The topological polar surface area (TPSA) is 73.8 Å². The zero-order valence-corrected chi connectivity index (χ0v) is 13.0. The number of nitrogens with zero attached hydrogens (tertiary/aromatic N) is 3. The van der Waals surface area contributed by atoms with Crippen molar-refractivity contribution < 1.29 is 4.79 Å². The van der Waals surface area contributed by atoms with E-state index in [0.29, 0.717) is 11.0 Å². The summed E-state index contributed by atoms with van der Waals surface area (Å²) in [6.07, 6.45) is 0. The van der Waals surface area contributed by atoms with Crippen LogP contribution < -0.4 is 5.73 Å². The highest BCUT2D eigenvalue weighted by atomic mass is 32.2. The monoisotopic (exact) mass is 302 g/mol. The van der Waals surface area contributed by atoms with Crippen LogP contribution in [0, 0.1) is 6.92 Å². The maximum Gasteiger partial charge on any atom is 0.237 e. The summed E-state index contributed by atoms with van der Waals surface area (Å²) in [5, 5.41) is 9.06. The minimum absolute atomic E-state index is 0.0643. The second kappa shape index (κ2) is 6.58. The maximum atomic E-state index is 11.3. The predicted molar refractivity (Wildman–Crippen MR) is 84.9 cm³/mol. The molecule has 0 aliphatic carbocycles. The summed E-state index contributed by atoms with van der Waals surface area (Å²) < 4.78 is 1.75. The van der Waals surface area contributed by atoms with Crippen molar-refractivity contribution in [1.82, 2.24) is 14.8 Å². The third kappa shape index (κ3) is 3.95. The van der Waals surface area contributed by atoms with Gasteiger partial charge in [0.15, 0.2) is 11.0 Å². The molecule has 110 valence electrons. The number of hydrogen-bond acceptors (Lipinski definition) is 4. The summed E-state index contributed by atoms with van der Waals surface area (Å²) >= 11 is 1.50. The smallest absolute Gasteiger partial charge is 0.237 e. The lowest BCUT2D eigenvalue weighted by Crippen LogP contribution is -2.20. The highest BCUT2D eigenvalue weighted by molar-refractivity contribution is 7.99. The summed E-state index contributed by atoms with van der Waals surface area (Å²) in [6, 6.07) is 7.92. The number of rotatable bonds is 6. The molecule has 0 aliphatic heterocycles. The highest BCUT2D eigenvalue weighted by Gasteiger charge is 2.16. The van der Waals surface area contributed by atoms with Crippen molar-refractivity contribution in [3.63, 3.8) is 0 Å². The molecule has 0 fully saturated rings. The van der Waals surface area contributed by atoms with Gasteiger partial charge in [0.05, 0.1) is 0 Å². The van der Waals surface area contributed by atoms with Crippen LogP contribution in [0.1, 0.15) is 12.5 Å². The molecule has 2 rings (SSSR count). The second-order valence-corrected chi connectivity index (χ2v) is 5.92. The molecule has 0 aliphatic rings. The lowest BCUT2D eigenvalue weighted by atomic mass is 10.1. The van der Waals surface area contributed by atoms with Crippen LogP contribution in [0.15, 0.2) is 41.6 Å². The molecule has 0 bridgehead atoms. The van der Waals surface area contributed by atoms with Gasteiger partial charge in [-0.05, 0) is 19.9 Å². The van der Waals surface area contributed by atoms with Crippen LogP contribution in [-0.4, -0.2) is 26.4 Å². The van der Waals surface area contributed by atoms with E-state index in [0.717, 1.165) is 22.5 Å². The Morgan fingerprint density at radius 3 is 2.81 bits per heavy atom. The predicted octanol–water partition coefficient (Wildman–Crippen LogP) is 2.41. The molecule has 6 heteroatoms. The lowest BCUT2D eigenvalue weighted by molar-refractivity contribution is -0.118. The van der Waals surface area contributed by atoms with Crippen molar-refractivity contribution in [3.05, 3.63) is 42.0 Å². The number of hydrogen-bond donors (Lipinski definition) is 1. The van der Waals surface area contributed by atoms with E-state index in [1.54, 1.807) is 4.57 Å². The largest absolute Gasteiger partial charge is 0.368 e. The lowest BCUT2D eigenvalue weighted by Gasteiger charge is -2.08. The van der Waals surface area contributed by atoms with Gasteiger partial charge < -0.3 is 5.73 Å². The van der Waals surface area contributed by atoms with E-state index in [1.165, 1.54) is 11.8 Å². The van der Waals surface area contributed by atoms with Crippen LogP contribution in [0.2, 0.25) is 0 Å². The molecule has 21 heavy (non-hydrogen) atoms. The minimum Gasteiger partial charge on any atom is -0.368 e. The number of carbonyl (C=O) groups is 1. The van der Waals surface area contributed by atoms with E-state index in [2.05, 4.69) is 16.8 Å². The van der Waals surface area contributed by atoms with E-state index in [-0.39, 0.29) is 6.54 Å². The molecule has 2 N–H and O–H groups in total. The third-order valence-electron chi connectivity index (χ3n) is 2.75. The number of primary amides is 1. The Morgan fingerprint density at radius 2 is 2.19 bits per heavy atom. The Morgan fingerprint density at radius 1 is 1.43 bits per heavy atom. The van der Waals surface area contributed by atoms with Crippen LogP contribution in [0.3, 0.4) is 0 Å². The molecule has 1 amide bonds. The van der Waals surface area contributed by atoms with Gasteiger partial charge in [-0.3, -0.25) is 9.36 Å². The van der Waals surface area contributed by atoms with Gasteiger partial charge in [-0.25, -0.2) is 0 Å². The molecule has 5 nitrogen and oxygen atoms in total. The Kier molecular flexibility index (Phi) is 4.80. The molecule has 2 aromatic rings. The van der Waals surface area contributed by atoms with Crippen molar-refractivity contribution in [2.75, 3.05) is 5.75 Å². The highest BCUT2D eigenvalue weighted by Crippen LogP contribution is 2.25. The van der Waals surface area contributed by atoms with Crippen LogP contribution >= 0.6 is 11.8 Å². The van der Waals surface area contributed by atoms with E-state index in [4.69, 9.17) is 5.73 Å². The quantitative estimate of drug-likeness (QED) is 0.657. The molecule has 0 atom stereocenters. The number of aromatic nitrogens is 3. The van der Waals surface area contributed by atoms with Gasteiger partial charge in [0.1, 0.15) is 6.54 Å². The molecular weight excluding hydrogens is 284 g/mol. The molecular formula is C15H18N4OS. The van der Waals surface area contributed by atoms with E-state index >= 15 is 0 Å². The molecule has 0 saturated heterocycles. The summed E-state index contributed by atoms with van der Waals surface area (Å²) in [7, 11) is 0. The van der Waals surface area contributed by atoms with Crippen LogP contribution in [0.4, 0.5) is 0 Å². The number of aryl methyl sites for hydroxylation is 1. The van der Waals surface area contributed by atoms with Crippen molar-refractivity contribution in [3.8, 4) is 11.4 Å². The van der Waals surface area contributed by atoms with Crippen molar-refractivity contribution in [2.45, 2.75) is 25.5 Å². The van der Waals surface area contributed by atoms with Crippen LogP contribution in [0.25, 0.3) is 11.4 Å². The Hall–Kier alpha value is -2.08. The molecule has 0 unspecified atom stereocenters. The number of thioether (sulfide) groups is 1. The van der Waals surface area contributed by atoms with Crippen LogP contribution in [0.5, 0.6) is 0 Å². The van der Waals surface area contributed by atoms with Gasteiger partial charge in [0, 0.05) is 11.3 Å². The van der Waals surface area contributed by atoms with Gasteiger partial charge in [0.25, 0.3) is 0 Å². The second-order valence-electron chi connectivity index (χ2n) is 4.97. The molecule has 1 aromatic carbocycles. The number of carbonyl (C=O) groups excluding carboxylic acids is 1. The third-order valence-corrected chi connectivity index (χ3v) is 3.95. The zero-order chi connectivity index (χ0) is 15.4. The Labute approximate surface area is 128 Å². The average Bonchev–Trinajstić information content (AvgIpc) is 2.78. The maximum absolute atomic E-state index is 11.3. The Balaban J connectivity index is 2.40. The first-order valence-electron chi connectivity index (χ1n) is 6.53. The number of benzene rings is 1. The molecule has 1 heterocycles. The van der Waals surface area contributed by atoms with Gasteiger partial charge in [-0.2, -0.15) is 0 Å². The molecule has 0 saturated carbocycles. The molecule has 0 radical (unpaired) electrons. The number of amides is 1. The van der Waals surface area contributed by atoms with Crippen molar-refractivity contribution in [2.24, 2.45) is 5.73 Å². The fourth-order valence-corrected chi connectivity index (χ4v) is 2.66. The summed E-state index contributed by atoms with van der Waals surface area (Å²) in [5.74, 6) is 0.965. The SMILES string of the molecule is C=C(C)CSc1nnc(-c2cccc(C)c2)n1CC(N)=O. The van der Waals surface area contributed by atoms with Gasteiger partial charge in [-0.1, -0.05) is 47.7 Å². The first-order valence-corrected chi connectivity index (χ1v) is 7.51. The fraction of sp³-hybridized carbons (Fsp3) is 0.267. The van der Waals surface area contributed by atoms with Gasteiger partial charge in [-0.15, -0.1) is 10.2 Å². The van der Waals surface area contributed by atoms with Crippen molar-refractivity contribution >= 4 is 17.7 Å². The van der Waals surface area contributed by atoms with E-state index < -0.39 is 5.91 Å². The molecule has 1 aromatic heterocycles. The van der Waals surface area contributed by atoms with Gasteiger partial charge >= 0.3 is 0 Å². The standard InChI is InChI=1S/C15H18N4OS/c1-10(2)9-21-15-18-17-14(19(15)8-13(16)20)12-6-4-5-11(3)7-12/h4-7H,1,8-9H2,2-3H3,(H2,16,20). The normalized spacial score (nSPS) is 10.6. The van der Waals surface area contributed by atoms with E-state index in [9.17, 15) is 4.79 Å². The summed E-state index contributed by atoms with van der Waals surface area (Å²) in [4.78, 5) is 11.3. The first kappa shape index (κ1) is 15.3. The first-order chi connectivity index (χ1) is 9.97. The fourth-order valence-electron chi connectivity index (χ4n) is 1.88. The van der Waals surface area contributed by atoms with Crippen molar-refractivity contribution in [1.29, 1.82) is 0 Å². The van der Waals surface area contributed by atoms with Crippen LogP contribution in [-0.2, 0) is 11.3 Å². The van der Waals surface area contributed by atoms with Gasteiger partial charge in [0.2, 0.25) is 5.91 Å². The average molecular weight is 302 g/mol. The number of nitrogens with two attached hydrogens (primary N) is 1. The molecule has 0 spiro atoms. The zero-order valence-electron chi connectivity index (χ0n) is 12.2.